The van der Waals surface area contributed by atoms with E-state index in [9.17, 15) is 14.0 Å². The van der Waals surface area contributed by atoms with E-state index in [1.165, 1.54) is 11.0 Å². The summed E-state index contributed by atoms with van der Waals surface area (Å²) >= 11 is 0. The molecule has 2 amide bonds. The van der Waals surface area contributed by atoms with Gasteiger partial charge in [-0.15, -0.1) is 0 Å². The predicted molar refractivity (Wildman–Crippen MR) is 150 cm³/mol. The second-order valence-corrected chi connectivity index (χ2v) is 9.72. The Morgan fingerprint density at radius 1 is 1.12 bits per heavy atom. The number of methoxy groups -OCH3 is 1. The van der Waals surface area contributed by atoms with Crippen LogP contribution in [-0.2, 0) is 9.53 Å². The number of benzene rings is 3. The van der Waals surface area contributed by atoms with Crippen LogP contribution in [0.2, 0.25) is 0 Å². The van der Waals surface area contributed by atoms with E-state index in [4.69, 9.17) is 9.47 Å². The van der Waals surface area contributed by atoms with Crippen LogP contribution < -0.4 is 10.1 Å². The summed E-state index contributed by atoms with van der Waals surface area (Å²) in [4.78, 5) is 33.0. The maximum atomic E-state index is 14.5. The lowest BCUT2D eigenvalue weighted by Crippen LogP contribution is -2.42. The molecule has 1 atom stereocenters. The number of carbonyl (C=O) groups is 2. The molecule has 0 spiro atoms. The first-order chi connectivity index (χ1) is 19.4. The molecule has 1 fully saturated rings. The van der Waals surface area contributed by atoms with Gasteiger partial charge in [0, 0.05) is 30.5 Å². The van der Waals surface area contributed by atoms with E-state index in [2.05, 4.69) is 10.3 Å². The molecule has 2 heterocycles. The topological polar surface area (TPSA) is 85.7 Å². The fourth-order valence-electron chi connectivity index (χ4n) is 4.65. The largest absolute Gasteiger partial charge is 0.497 e. The Kier molecular flexibility index (Phi) is 8.21. The maximum absolute atomic E-state index is 14.5. The molecule has 3 aromatic carbocycles. The van der Waals surface area contributed by atoms with Gasteiger partial charge in [0.15, 0.2) is 0 Å². The molecule has 0 saturated carbocycles. The van der Waals surface area contributed by atoms with Gasteiger partial charge in [-0.05, 0) is 61.7 Å². The molecule has 1 aromatic heterocycles. The Morgan fingerprint density at radius 3 is 2.58 bits per heavy atom. The molecule has 0 bridgehead atoms. The summed E-state index contributed by atoms with van der Waals surface area (Å²) in [6, 6.07) is 21.1. The van der Waals surface area contributed by atoms with Gasteiger partial charge in [0.05, 0.1) is 24.6 Å². The molecule has 1 saturated heterocycles. The standard InChI is InChI=1S/C31H31FN4O4/c1-21-10-13-24(17-27(21)32)36-19-28(22-7-4-3-5-8-22)33-31(36)34-29(37)20-35(18-26-9-6-16-40-26)30(38)23-11-14-25(39-2)15-12-23/h3-5,7-8,10-15,17,19,26H,6,9,16,18,20H2,1-2H3,(H,33,34,37)/t26-/m0/s1. The van der Waals surface area contributed by atoms with Crippen molar-refractivity contribution >= 4 is 17.8 Å². The highest BCUT2D eigenvalue weighted by molar-refractivity contribution is 5.99. The minimum atomic E-state index is -0.432. The van der Waals surface area contributed by atoms with Crippen LogP contribution in [-0.4, -0.2) is 59.2 Å². The van der Waals surface area contributed by atoms with Crippen LogP contribution in [0.1, 0.15) is 28.8 Å². The molecular formula is C31H31FN4O4. The number of halogens is 1. The zero-order valence-corrected chi connectivity index (χ0v) is 22.5. The van der Waals surface area contributed by atoms with Gasteiger partial charge in [-0.1, -0.05) is 36.4 Å². The van der Waals surface area contributed by atoms with Crippen LogP contribution in [0, 0.1) is 12.7 Å². The average molecular weight is 543 g/mol. The summed E-state index contributed by atoms with van der Waals surface area (Å²) in [6.07, 6.45) is 3.34. The van der Waals surface area contributed by atoms with Gasteiger partial charge in [0.1, 0.15) is 18.1 Å². The smallest absolute Gasteiger partial charge is 0.254 e. The number of aromatic nitrogens is 2. The van der Waals surface area contributed by atoms with Crippen LogP contribution >= 0.6 is 0 Å². The van der Waals surface area contributed by atoms with Crippen molar-refractivity contribution in [1.29, 1.82) is 0 Å². The van der Waals surface area contributed by atoms with Gasteiger partial charge in [-0.2, -0.15) is 0 Å². The van der Waals surface area contributed by atoms with Gasteiger partial charge < -0.3 is 14.4 Å². The number of imidazole rings is 1. The third kappa shape index (κ3) is 6.21. The molecule has 8 nitrogen and oxygen atoms in total. The molecule has 4 aromatic rings. The van der Waals surface area contributed by atoms with Crippen LogP contribution in [0.3, 0.4) is 0 Å². The normalized spacial score (nSPS) is 14.6. The molecule has 206 valence electrons. The van der Waals surface area contributed by atoms with Crippen LogP contribution in [0.25, 0.3) is 16.9 Å². The van der Waals surface area contributed by atoms with E-state index in [1.54, 1.807) is 61.2 Å². The Morgan fingerprint density at radius 2 is 1.90 bits per heavy atom. The number of nitrogens with zero attached hydrogens (tertiary/aromatic N) is 3. The van der Waals surface area contributed by atoms with Crippen molar-refractivity contribution in [3.63, 3.8) is 0 Å². The molecule has 40 heavy (non-hydrogen) atoms. The van der Waals surface area contributed by atoms with Crippen molar-refractivity contribution in [3.05, 3.63) is 95.9 Å². The van der Waals surface area contributed by atoms with Gasteiger partial charge in [0.2, 0.25) is 11.9 Å². The summed E-state index contributed by atoms with van der Waals surface area (Å²) in [7, 11) is 1.56. The first kappa shape index (κ1) is 27.1. The molecule has 0 aliphatic carbocycles. The van der Waals surface area contributed by atoms with Crippen LogP contribution in [0.15, 0.2) is 79.0 Å². The summed E-state index contributed by atoms with van der Waals surface area (Å²) < 4.78 is 27.1. The van der Waals surface area contributed by atoms with E-state index in [0.29, 0.717) is 34.9 Å². The van der Waals surface area contributed by atoms with Crippen molar-refractivity contribution < 1.29 is 23.5 Å². The molecule has 5 rings (SSSR count). The molecule has 9 heteroatoms. The third-order valence-electron chi connectivity index (χ3n) is 6.87. The van der Waals surface area contributed by atoms with E-state index in [1.807, 2.05) is 30.3 Å². The number of hydrogen-bond donors (Lipinski definition) is 1. The summed E-state index contributed by atoms with van der Waals surface area (Å²) in [5.74, 6) is -0.228. The van der Waals surface area contributed by atoms with Crippen molar-refractivity contribution in [2.24, 2.45) is 0 Å². The lowest BCUT2D eigenvalue weighted by Gasteiger charge is -2.25. The monoisotopic (exact) mass is 542 g/mol. The Labute approximate surface area is 232 Å². The molecule has 1 N–H and O–H groups in total. The van der Waals surface area contributed by atoms with Crippen molar-refractivity contribution in [2.45, 2.75) is 25.9 Å². The fourth-order valence-corrected chi connectivity index (χ4v) is 4.65. The molecule has 0 unspecified atom stereocenters. The van der Waals surface area contributed by atoms with Crippen molar-refractivity contribution in [1.82, 2.24) is 14.5 Å². The van der Waals surface area contributed by atoms with E-state index >= 15 is 0 Å². The SMILES string of the molecule is COc1ccc(C(=O)N(CC(=O)Nc2nc(-c3ccccc3)cn2-c2ccc(C)c(F)c2)C[C@@H]2CCCO2)cc1. The lowest BCUT2D eigenvalue weighted by atomic mass is 10.1. The van der Waals surface area contributed by atoms with Crippen molar-refractivity contribution in [2.75, 3.05) is 32.1 Å². The van der Waals surface area contributed by atoms with E-state index in [0.717, 1.165) is 18.4 Å². The predicted octanol–water partition coefficient (Wildman–Crippen LogP) is 5.26. The summed E-state index contributed by atoms with van der Waals surface area (Å²) in [6.45, 7) is 2.40. The number of nitrogens with one attached hydrogen (secondary N) is 1. The second kappa shape index (κ2) is 12.1. The number of anilines is 1. The Hall–Kier alpha value is -4.50. The molecule has 1 aliphatic rings. The van der Waals surface area contributed by atoms with Gasteiger partial charge >= 0.3 is 0 Å². The zero-order valence-electron chi connectivity index (χ0n) is 22.5. The number of amides is 2. The second-order valence-electron chi connectivity index (χ2n) is 9.72. The zero-order chi connectivity index (χ0) is 28.1. The number of carbonyl (C=O) groups excluding carboxylic acids is 2. The lowest BCUT2D eigenvalue weighted by molar-refractivity contribution is -0.117. The minimum absolute atomic E-state index is 0.141. The van der Waals surface area contributed by atoms with Gasteiger partial charge in [0.25, 0.3) is 5.91 Å². The van der Waals surface area contributed by atoms with Crippen LogP contribution in [0.4, 0.5) is 10.3 Å². The fraction of sp³-hybridized carbons (Fsp3) is 0.258. The number of ether oxygens (including phenoxy) is 2. The van der Waals surface area contributed by atoms with Crippen molar-refractivity contribution in [3.8, 4) is 22.7 Å². The summed E-state index contributed by atoms with van der Waals surface area (Å²) in [5.41, 5.74) is 2.93. The first-order valence-corrected chi connectivity index (χ1v) is 13.2. The number of rotatable bonds is 9. The Balaban J connectivity index is 1.41. The van der Waals surface area contributed by atoms with Crippen LogP contribution in [0.5, 0.6) is 5.75 Å². The van der Waals surface area contributed by atoms with Gasteiger partial charge in [-0.3, -0.25) is 19.5 Å². The van der Waals surface area contributed by atoms with Gasteiger partial charge in [-0.25, -0.2) is 9.37 Å². The minimum Gasteiger partial charge on any atom is -0.497 e. The Bertz CT molecular complexity index is 1480. The highest BCUT2D eigenvalue weighted by atomic mass is 19.1. The average Bonchev–Trinajstić information content (AvgIpc) is 3.64. The van der Waals surface area contributed by atoms with E-state index in [-0.39, 0.29) is 36.9 Å². The maximum Gasteiger partial charge on any atom is 0.254 e. The number of hydrogen-bond acceptors (Lipinski definition) is 5. The van der Waals surface area contributed by atoms with E-state index < -0.39 is 5.91 Å². The number of aryl methyl sites for hydroxylation is 1. The summed E-state index contributed by atoms with van der Waals surface area (Å²) in [5, 5.41) is 2.85. The quantitative estimate of drug-likeness (QED) is 0.312. The molecule has 0 radical (unpaired) electrons. The molecule has 1 aliphatic heterocycles. The first-order valence-electron chi connectivity index (χ1n) is 13.2. The highest BCUT2D eigenvalue weighted by Gasteiger charge is 2.26. The third-order valence-corrected chi connectivity index (χ3v) is 6.87. The highest BCUT2D eigenvalue weighted by Crippen LogP contribution is 2.25. The molecular weight excluding hydrogens is 511 g/mol.